The Morgan fingerprint density at radius 2 is 1.64 bits per heavy atom. The number of amides is 1. The SMILES string of the molecule is CC(C)(C)C(=O)Oc1ccc(CSC(=O)Nc2ccc(F)cc2)cc1. The summed E-state index contributed by atoms with van der Waals surface area (Å²) in [6, 6.07) is 12.6. The van der Waals surface area contributed by atoms with E-state index >= 15 is 0 Å². The standard InChI is InChI=1S/C19H20FNO3S/c1-19(2,3)17(22)24-16-10-4-13(5-11-16)12-25-18(23)21-15-8-6-14(20)7-9-15/h4-11H,12H2,1-3H3,(H,21,23). The molecule has 2 aromatic carbocycles. The summed E-state index contributed by atoms with van der Waals surface area (Å²) in [7, 11) is 0. The lowest BCUT2D eigenvalue weighted by atomic mass is 9.97. The average Bonchev–Trinajstić information content (AvgIpc) is 2.55. The second kappa shape index (κ2) is 8.16. The molecule has 0 bridgehead atoms. The molecule has 0 aliphatic heterocycles. The summed E-state index contributed by atoms with van der Waals surface area (Å²) in [5.41, 5.74) is 0.908. The zero-order chi connectivity index (χ0) is 18.4. The maximum atomic E-state index is 12.8. The Morgan fingerprint density at radius 3 is 2.20 bits per heavy atom. The Balaban J connectivity index is 1.83. The number of thioether (sulfide) groups is 1. The fourth-order valence-electron chi connectivity index (χ4n) is 1.75. The maximum Gasteiger partial charge on any atom is 0.316 e. The van der Waals surface area contributed by atoms with Crippen molar-refractivity contribution in [3.8, 4) is 5.75 Å². The first-order chi connectivity index (χ1) is 11.7. The van der Waals surface area contributed by atoms with Gasteiger partial charge >= 0.3 is 5.97 Å². The molecule has 1 amide bonds. The monoisotopic (exact) mass is 361 g/mol. The van der Waals surface area contributed by atoms with Gasteiger partial charge in [0.2, 0.25) is 0 Å². The predicted octanol–water partition coefficient (Wildman–Crippen LogP) is 5.24. The quantitative estimate of drug-likeness (QED) is 0.597. The van der Waals surface area contributed by atoms with Crippen LogP contribution in [0.15, 0.2) is 48.5 Å². The molecule has 0 aromatic heterocycles. The van der Waals surface area contributed by atoms with Crippen LogP contribution in [-0.2, 0) is 10.5 Å². The number of esters is 1. The molecule has 4 nitrogen and oxygen atoms in total. The minimum Gasteiger partial charge on any atom is -0.426 e. The number of nitrogens with one attached hydrogen (secondary N) is 1. The number of anilines is 1. The highest BCUT2D eigenvalue weighted by molar-refractivity contribution is 8.13. The molecule has 6 heteroatoms. The average molecular weight is 361 g/mol. The first kappa shape index (κ1) is 19.0. The van der Waals surface area contributed by atoms with Crippen molar-refractivity contribution < 1.29 is 18.7 Å². The molecule has 0 aliphatic carbocycles. The van der Waals surface area contributed by atoms with Crippen molar-refractivity contribution >= 4 is 28.7 Å². The van der Waals surface area contributed by atoms with E-state index in [4.69, 9.17) is 4.74 Å². The summed E-state index contributed by atoms with van der Waals surface area (Å²) >= 11 is 1.10. The number of carbonyl (C=O) groups excluding carboxylic acids is 2. The van der Waals surface area contributed by atoms with Gasteiger partial charge in [0.15, 0.2) is 0 Å². The van der Waals surface area contributed by atoms with Gasteiger partial charge in [-0.3, -0.25) is 9.59 Å². The van der Waals surface area contributed by atoms with Gasteiger partial charge in [-0.2, -0.15) is 0 Å². The summed E-state index contributed by atoms with van der Waals surface area (Å²) in [6.07, 6.45) is 0. The van der Waals surface area contributed by atoms with E-state index in [9.17, 15) is 14.0 Å². The molecule has 0 spiro atoms. The first-order valence-corrected chi connectivity index (χ1v) is 8.73. The van der Waals surface area contributed by atoms with Gasteiger partial charge in [-0.05, 0) is 62.7 Å². The van der Waals surface area contributed by atoms with Crippen LogP contribution in [0.3, 0.4) is 0 Å². The third kappa shape index (κ3) is 6.23. The Hall–Kier alpha value is -2.34. The molecular weight excluding hydrogens is 341 g/mol. The molecule has 2 rings (SSSR count). The number of hydrogen-bond donors (Lipinski definition) is 1. The minimum absolute atomic E-state index is 0.227. The molecule has 0 atom stereocenters. The molecule has 25 heavy (non-hydrogen) atoms. The van der Waals surface area contributed by atoms with Gasteiger partial charge < -0.3 is 10.1 Å². The van der Waals surface area contributed by atoms with Crippen LogP contribution in [0.25, 0.3) is 0 Å². The van der Waals surface area contributed by atoms with Crippen molar-refractivity contribution in [3.63, 3.8) is 0 Å². The van der Waals surface area contributed by atoms with Crippen molar-refractivity contribution in [2.75, 3.05) is 5.32 Å². The van der Waals surface area contributed by atoms with E-state index in [0.29, 0.717) is 17.2 Å². The Labute approximate surface area is 150 Å². The van der Waals surface area contributed by atoms with Crippen molar-refractivity contribution in [3.05, 3.63) is 59.9 Å². The van der Waals surface area contributed by atoms with Crippen LogP contribution in [-0.4, -0.2) is 11.2 Å². The summed E-state index contributed by atoms with van der Waals surface area (Å²) in [5.74, 6) is 0.302. The second-order valence-electron chi connectivity index (χ2n) is 6.49. The molecule has 132 valence electrons. The van der Waals surface area contributed by atoms with Gasteiger partial charge in [-0.15, -0.1) is 0 Å². The zero-order valence-corrected chi connectivity index (χ0v) is 15.2. The highest BCUT2D eigenvalue weighted by atomic mass is 32.2. The van der Waals surface area contributed by atoms with Gasteiger partial charge in [0.1, 0.15) is 11.6 Å². The van der Waals surface area contributed by atoms with Crippen molar-refractivity contribution in [1.82, 2.24) is 0 Å². The van der Waals surface area contributed by atoms with Crippen LogP contribution in [0.2, 0.25) is 0 Å². The highest BCUT2D eigenvalue weighted by Crippen LogP contribution is 2.22. The molecule has 2 aromatic rings. The maximum absolute atomic E-state index is 12.8. The highest BCUT2D eigenvalue weighted by Gasteiger charge is 2.23. The molecule has 0 aliphatic rings. The molecule has 0 fully saturated rings. The number of rotatable bonds is 4. The minimum atomic E-state index is -0.563. The normalized spacial score (nSPS) is 11.0. The molecule has 0 unspecified atom stereocenters. The third-order valence-corrected chi connectivity index (χ3v) is 4.05. The molecule has 0 heterocycles. The number of benzene rings is 2. The molecule has 0 saturated heterocycles. The van der Waals surface area contributed by atoms with Crippen LogP contribution in [0.1, 0.15) is 26.3 Å². The smallest absolute Gasteiger partial charge is 0.316 e. The van der Waals surface area contributed by atoms with Crippen LogP contribution in [0.5, 0.6) is 5.75 Å². The van der Waals surface area contributed by atoms with E-state index in [1.165, 1.54) is 24.3 Å². The summed E-state index contributed by atoms with van der Waals surface area (Å²) < 4.78 is 18.1. The number of ether oxygens (including phenoxy) is 1. The van der Waals surface area contributed by atoms with Crippen LogP contribution < -0.4 is 10.1 Å². The number of halogens is 1. The van der Waals surface area contributed by atoms with Gasteiger partial charge in [-0.25, -0.2) is 4.39 Å². The van der Waals surface area contributed by atoms with Crippen molar-refractivity contribution in [2.45, 2.75) is 26.5 Å². The number of carbonyl (C=O) groups is 2. The van der Waals surface area contributed by atoms with Gasteiger partial charge in [0.25, 0.3) is 5.24 Å². The van der Waals surface area contributed by atoms with Crippen LogP contribution in [0.4, 0.5) is 14.9 Å². The predicted molar refractivity (Wildman–Crippen MR) is 98.2 cm³/mol. The van der Waals surface area contributed by atoms with Crippen molar-refractivity contribution in [1.29, 1.82) is 0 Å². The van der Waals surface area contributed by atoms with E-state index in [2.05, 4.69) is 5.32 Å². The topological polar surface area (TPSA) is 55.4 Å². The fraction of sp³-hybridized carbons (Fsp3) is 0.263. The summed E-state index contributed by atoms with van der Waals surface area (Å²) in [5, 5.41) is 2.45. The Kier molecular flexibility index (Phi) is 6.20. The van der Waals surface area contributed by atoms with Gasteiger partial charge in [-0.1, -0.05) is 23.9 Å². The molecular formula is C19H20FNO3S. The Bertz CT molecular complexity index is 737. The largest absolute Gasteiger partial charge is 0.426 e. The zero-order valence-electron chi connectivity index (χ0n) is 14.3. The van der Waals surface area contributed by atoms with E-state index < -0.39 is 5.41 Å². The lowest BCUT2D eigenvalue weighted by Gasteiger charge is -2.16. The van der Waals surface area contributed by atoms with Crippen molar-refractivity contribution in [2.24, 2.45) is 5.41 Å². The molecule has 0 saturated carbocycles. The third-order valence-electron chi connectivity index (χ3n) is 3.21. The summed E-state index contributed by atoms with van der Waals surface area (Å²) in [4.78, 5) is 23.7. The molecule has 0 radical (unpaired) electrons. The first-order valence-electron chi connectivity index (χ1n) is 7.74. The van der Waals surface area contributed by atoms with E-state index in [0.717, 1.165) is 17.3 Å². The van der Waals surface area contributed by atoms with E-state index in [1.807, 2.05) is 12.1 Å². The van der Waals surface area contributed by atoms with E-state index in [-0.39, 0.29) is 17.0 Å². The van der Waals surface area contributed by atoms with Gasteiger partial charge in [0, 0.05) is 11.4 Å². The lowest BCUT2D eigenvalue weighted by molar-refractivity contribution is -0.142. The van der Waals surface area contributed by atoms with Gasteiger partial charge in [0.05, 0.1) is 5.41 Å². The van der Waals surface area contributed by atoms with E-state index in [1.54, 1.807) is 32.9 Å². The Morgan fingerprint density at radius 1 is 1.04 bits per heavy atom. The number of hydrogen-bond acceptors (Lipinski definition) is 4. The summed E-state index contributed by atoms with van der Waals surface area (Å²) in [6.45, 7) is 5.38. The second-order valence-corrected chi connectivity index (χ2v) is 7.44. The fourth-order valence-corrected chi connectivity index (χ4v) is 2.43. The van der Waals surface area contributed by atoms with Crippen LogP contribution >= 0.6 is 11.8 Å². The lowest BCUT2D eigenvalue weighted by Crippen LogP contribution is -2.25. The molecule has 1 N–H and O–H groups in total. The van der Waals surface area contributed by atoms with Crippen LogP contribution in [0, 0.1) is 11.2 Å².